The Bertz CT molecular complexity index is 1550. The number of imidazole rings is 1. The molecule has 0 radical (unpaired) electrons. The third-order valence-corrected chi connectivity index (χ3v) is 8.25. The van der Waals surface area contributed by atoms with E-state index in [9.17, 15) is 4.79 Å². The molecule has 3 heterocycles. The van der Waals surface area contributed by atoms with E-state index in [-0.39, 0.29) is 17.1 Å². The largest absolute Gasteiger partial charge is 0.457 e. The van der Waals surface area contributed by atoms with Crippen molar-refractivity contribution in [1.82, 2.24) is 19.4 Å². The van der Waals surface area contributed by atoms with Crippen molar-refractivity contribution in [2.75, 3.05) is 38.7 Å². The van der Waals surface area contributed by atoms with Crippen LogP contribution in [0, 0.1) is 5.92 Å². The van der Waals surface area contributed by atoms with Crippen LogP contribution in [0.4, 0.5) is 11.6 Å². The normalized spacial score (nSPS) is 14.8. The molecule has 0 atom stereocenters. The SMILES string of the molecule is COCCN1CCC(C(=O)Cc2cc(Oc3ccc4c(c3)nc(Nc3ccc(Cl)c(C(C)(C)C)c3)n4C)ccn2)CC1. The molecule has 9 heteroatoms. The number of ketones is 1. The number of likely N-dealkylation sites (tertiary alicyclic amines) is 1. The van der Waals surface area contributed by atoms with E-state index in [1.54, 1.807) is 13.3 Å². The molecule has 1 saturated heterocycles. The lowest BCUT2D eigenvalue weighted by Gasteiger charge is -2.30. The highest BCUT2D eigenvalue weighted by Gasteiger charge is 2.25. The third-order valence-electron chi connectivity index (χ3n) is 7.92. The highest BCUT2D eigenvalue weighted by molar-refractivity contribution is 6.31. The van der Waals surface area contributed by atoms with Crippen molar-refractivity contribution in [2.45, 2.75) is 45.4 Å². The van der Waals surface area contributed by atoms with Gasteiger partial charge in [-0.25, -0.2) is 4.98 Å². The van der Waals surface area contributed by atoms with Crippen LogP contribution in [-0.4, -0.2) is 58.6 Å². The number of methoxy groups -OCH3 is 1. The molecule has 0 amide bonds. The highest BCUT2D eigenvalue weighted by Crippen LogP contribution is 2.33. The van der Waals surface area contributed by atoms with Crippen LogP contribution in [0.3, 0.4) is 0 Å². The molecule has 1 aliphatic rings. The summed E-state index contributed by atoms with van der Waals surface area (Å²) >= 11 is 6.46. The van der Waals surface area contributed by atoms with Crippen LogP contribution in [0.1, 0.15) is 44.9 Å². The number of rotatable bonds is 10. The van der Waals surface area contributed by atoms with Crippen LogP contribution in [0.15, 0.2) is 54.7 Å². The standard InChI is InChI=1S/C33H40ClN5O3/c1-33(2,3)27-19-23(6-8-28(27)34)36-32-37-29-21-25(7-9-30(29)38(32)4)42-26-10-13-35-24(18-26)20-31(40)22-11-14-39(15-12-22)16-17-41-5/h6-10,13,18-19,21-22H,11-12,14-17,20H2,1-5H3,(H,36,37). The number of nitrogens with zero attached hydrogens (tertiary/aromatic N) is 4. The molecule has 42 heavy (non-hydrogen) atoms. The number of fused-ring (bicyclic) bond motifs is 1. The fraction of sp³-hybridized carbons (Fsp3) is 0.424. The third kappa shape index (κ3) is 7.12. The summed E-state index contributed by atoms with van der Waals surface area (Å²) < 4.78 is 13.4. The Hall–Kier alpha value is -3.46. The van der Waals surface area contributed by atoms with Crippen molar-refractivity contribution in [3.05, 3.63) is 71.0 Å². The van der Waals surface area contributed by atoms with Crippen molar-refractivity contribution in [1.29, 1.82) is 0 Å². The van der Waals surface area contributed by atoms with Crippen LogP contribution in [0.25, 0.3) is 11.0 Å². The van der Waals surface area contributed by atoms with Crippen LogP contribution in [0.2, 0.25) is 5.02 Å². The molecule has 0 unspecified atom stereocenters. The molecular formula is C33H40ClN5O3. The fourth-order valence-corrected chi connectivity index (χ4v) is 5.84. The van der Waals surface area contributed by atoms with E-state index in [0.717, 1.165) is 78.0 Å². The molecule has 8 nitrogen and oxygen atoms in total. The number of pyridine rings is 1. The van der Waals surface area contributed by atoms with Gasteiger partial charge in [-0.2, -0.15) is 0 Å². The number of anilines is 2. The quantitative estimate of drug-likeness (QED) is 0.215. The van der Waals surface area contributed by atoms with Gasteiger partial charge in [0, 0.05) is 62.1 Å². The van der Waals surface area contributed by atoms with E-state index in [1.807, 2.05) is 54.1 Å². The van der Waals surface area contributed by atoms with Crippen molar-refractivity contribution in [3.8, 4) is 11.5 Å². The number of nitrogens with one attached hydrogen (secondary N) is 1. The van der Waals surface area contributed by atoms with E-state index in [2.05, 4.69) is 42.0 Å². The average molecular weight is 590 g/mol. The maximum Gasteiger partial charge on any atom is 0.208 e. The number of carbonyl (C=O) groups is 1. The van der Waals surface area contributed by atoms with Gasteiger partial charge in [0.25, 0.3) is 0 Å². The summed E-state index contributed by atoms with van der Waals surface area (Å²) in [5.41, 5.74) is 4.44. The van der Waals surface area contributed by atoms with Gasteiger partial charge in [0.1, 0.15) is 17.3 Å². The molecule has 1 aliphatic heterocycles. The second-order valence-electron chi connectivity index (χ2n) is 12.1. The van der Waals surface area contributed by atoms with Gasteiger partial charge in [-0.15, -0.1) is 0 Å². The van der Waals surface area contributed by atoms with Gasteiger partial charge >= 0.3 is 0 Å². The number of benzene rings is 2. The molecular weight excluding hydrogens is 550 g/mol. The highest BCUT2D eigenvalue weighted by atomic mass is 35.5. The molecule has 4 aromatic rings. The summed E-state index contributed by atoms with van der Waals surface area (Å²) in [5, 5.41) is 4.19. The summed E-state index contributed by atoms with van der Waals surface area (Å²) in [5.74, 6) is 2.36. The first kappa shape index (κ1) is 30.0. The lowest BCUT2D eigenvalue weighted by Crippen LogP contribution is -2.38. The van der Waals surface area contributed by atoms with Gasteiger partial charge in [0.15, 0.2) is 0 Å². The maximum absolute atomic E-state index is 13.0. The minimum atomic E-state index is -0.0740. The predicted molar refractivity (Wildman–Crippen MR) is 168 cm³/mol. The van der Waals surface area contributed by atoms with Crippen LogP contribution < -0.4 is 10.1 Å². The second-order valence-corrected chi connectivity index (χ2v) is 12.5. The van der Waals surface area contributed by atoms with Gasteiger partial charge < -0.3 is 24.3 Å². The van der Waals surface area contributed by atoms with Gasteiger partial charge in [-0.3, -0.25) is 9.78 Å². The van der Waals surface area contributed by atoms with Crippen molar-refractivity contribution in [2.24, 2.45) is 13.0 Å². The summed E-state index contributed by atoms with van der Waals surface area (Å²) in [7, 11) is 3.70. The molecule has 1 N–H and O–H groups in total. The smallest absolute Gasteiger partial charge is 0.208 e. The molecule has 0 saturated carbocycles. The molecule has 5 rings (SSSR count). The molecule has 222 valence electrons. The van der Waals surface area contributed by atoms with E-state index in [1.165, 1.54) is 0 Å². The zero-order valence-electron chi connectivity index (χ0n) is 25.1. The Morgan fingerprint density at radius 1 is 1.07 bits per heavy atom. The first-order valence-corrected chi connectivity index (χ1v) is 14.9. The lowest BCUT2D eigenvalue weighted by atomic mass is 9.87. The minimum absolute atomic E-state index is 0.0740. The van der Waals surface area contributed by atoms with E-state index in [0.29, 0.717) is 17.9 Å². The Kier molecular flexibility index (Phi) is 9.16. The number of aromatic nitrogens is 3. The first-order valence-electron chi connectivity index (χ1n) is 14.5. The predicted octanol–water partition coefficient (Wildman–Crippen LogP) is 6.93. The van der Waals surface area contributed by atoms with Crippen molar-refractivity contribution < 1.29 is 14.3 Å². The number of aryl methyl sites for hydroxylation is 1. The van der Waals surface area contributed by atoms with Crippen LogP contribution >= 0.6 is 11.6 Å². The summed E-state index contributed by atoms with van der Waals surface area (Å²) in [6.45, 7) is 9.94. The summed E-state index contributed by atoms with van der Waals surface area (Å²) in [6, 6.07) is 15.5. The number of hydrogen-bond acceptors (Lipinski definition) is 7. The van der Waals surface area contributed by atoms with Crippen LogP contribution in [-0.2, 0) is 28.4 Å². The number of carbonyl (C=O) groups excluding carboxylic acids is 1. The minimum Gasteiger partial charge on any atom is -0.457 e. The zero-order valence-corrected chi connectivity index (χ0v) is 25.9. The molecule has 0 spiro atoms. The molecule has 2 aromatic heterocycles. The Labute approximate surface area is 253 Å². The monoisotopic (exact) mass is 589 g/mol. The van der Waals surface area contributed by atoms with E-state index >= 15 is 0 Å². The summed E-state index contributed by atoms with van der Waals surface area (Å²) in [6.07, 6.45) is 3.78. The maximum atomic E-state index is 13.0. The van der Waals surface area contributed by atoms with Crippen molar-refractivity contribution in [3.63, 3.8) is 0 Å². The summed E-state index contributed by atoms with van der Waals surface area (Å²) in [4.78, 5) is 24.6. The van der Waals surface area contributed by atoms with Gasteiger partial charge in [-0.1, -0.05) is 32.4 Å². The Balaban J connectivity index is 1.24. The van der Waals surface area contributed by atoms with E-state index in [4.69, 9.17) is 26.1 Å². The molecule has 2 aromatic carbocycles. The van der Waals surface area contributed by atoms with Gasteiger partial charge in [-0.05, 0) is 73.3 Å². The number of Topliss-reactive ketones (excluding diaryl/α,β-unsaturated/α-hetero) is 1. The molecule has 0 bridgehead atoms. The molecule has 0 aliphatic carbocycles. The van der Waals surface area contributed by atoms with Gasteiger partial charge in [0.05, 0.1) is 23.3 Å². The number of ether oxygens (including phenoxy) is 2. The Morgan fingerprint density at radius 2 is 1.83 bits per heavy atom. The number of hydrogen-bond donors (Lipinski definition) is 1. The molecule has 1 fully saturated rings. The van der Waals surface area contributed by atoms with Crippen LogP contribution in [0.5, 0.6) is 11.5 Å². The Morgan fingerprint density at radius 3 is 2.57 bits per heavy atom. The average Bonchev–Trinajstić information content (AvgIpc) is 3.26. The fourth-order valence-electron chi connectivity index (χ4n) is 5.44. The number of halogens is 1. The first-order chi connectivity index (χ1) is 20.1. The lowest BCUT2D eigenvalue weighted by molar-refractivity contribution is -0.123. The topological polar surface area (TPSA) is 81.5 Å². The van der Waals surface area contributed by atoms with Gasteiger partial charge in [0.2, 0.25) is 5.95 Å². The number of piperidine rings is 1. The zero-order chi connectivity index (χ0) is 29.9. The van der Waals surface area contributed by atoms with E-state index < -0.39 is 0 Å². The van der Waals surface area contributed by atoms with Crippen molar-refractivity contribution >= 4 is 40.1 Å². The second kappa shape index (κ2) is 12.8.